The Labute approximate surface area is 214 Å². The van der Waals surface area contributed by atoms with Crippen LogP contribution in [0, 0.1) is 11.2 Å². The number of hydrogen-bond acceptors (Lipinski definition) is 3. The van der Waals surface area contributed by atoms with Gasteiger partial charge in [0.2, 0.25) is 5.91 Å². The molecule has 0 radical (unpaired) electrons. The number of fused-ring (bicyclic) bond motifs is 1. The van der Waals surface area contributed by atoms with Gasteiger partial charge in [-0.2, -0.15) is 0 Å². The van der Waals surface area contributed by atoms with Gasteiger partial charge in [0.1, 0.15) is 5.82 Å². The molecule has 3 aromatic carbocycles. The van der Waals surface area contributed by atoms with Gasteiger partial charge in [0, 0.05) is 37.4 Å². The molecule has 2 aliphatic heterocycles. The van der Waals surface area contributed by atoms with Crippen LogP contribution in [0.4, 0.5) is 26.2 Å². The number of aliphatic carboxylic acids is 1. The molecule has 0 aromatic heterocycles. The van der Waals surface area contributed by atoms with Gasteiger partial charge in [-0.1, -0.05) is 48.5 Å². The summed E-state index contributed by atoms with van der Waals surface area (Å²) in [6, 6.07) is 22.7. The molecule has 0 atom stereocenters. The van der Waals surface area contributed by atoms with Crippen molar-refractivity contribution in [2.45, 2.75) is 25.7 Å². The smallest absolute Gasteiger partial charge is 0.324 e. The van der Waals surface area contributed by atoms with Gasteiger partial charge in [-0.25, -0.2) is 9.18 Å². The van der Waals surface area contributed by atoms with Crippen molar-refractivity contribution >= 4 is 35.0 Å². The molecule has 1 N–H and O–H groups in total. The fourth-order valence-electron chi connectivity index (χ4n) is 5.32. The highest BCUT2D eigenvalue weighted by molar-refractivity contribution is 6.02. The van der Waals surface area contributed by atoms with Crippen LogP contribution in [0.5, 0.6) is 0 Å². The number of anilines is 3. The highest BCUT2D eigenvalue weighted by Gasteiger charge is 2.46. The summed E-state index contributed by atoms with van der Waals surface area (Å²) in [5.41, 5.74) is 1.10. The SMILES string of the molecule is O=C(N1CCC(CC(=O)N(c2ccccc2)c2ccccc2)(C(=O)O)CC1)N1CCc2cccc(F)c21. The lowest BCUT2D eigenvalue weighted by atomic mass is 9.75. The minimum absolute atomic E-state index is 0.134. The van der Waals surface area contributed by atoms with Crippen LogP contribution < -0.4 is 9.80 Å². The standard InChI is InChI=1S/C29H28FN3O4/c30-24-13-7-8-21-14-17-32(26(21)24)28(37)31-18-15-29(16-19-31,27(35)36)20-25(34)33(22-9-3-1-4-10-22)23-11-5-2-6-12-23/h1-13H,14-20H2,(H,35,36). The van der Waals surface area contributed by atoms with Crippen LogP contribution in [0.2, 0.25) is 0 Å². The van der Waals surface area contributed by atoms with Gasteiger partial charge in [0.25, 0.3) is 0 Å². The molecule has 8 heteroatoms. The lowest BCUT2D eigenvalue weighted by molar-refractivity contribution is -0.154. The molecule has 7 nitrogen and oxygen atoms in total. The number of rotatable bonds is 5. The summed E-state index contributed by atoms with van der Waals surface area (Å²) >= 11 is 0. The molecule has 0 aliphatic carbocycles. The van der Waals surface area contributed by atoms with Crippen LogP contribution in [-0.2, 0) is 16.0 Å². The van der Waals surface area contributed by atoms with E-state index in [1.54, 1.807) is 15.9 Å². The molecule has 0 unspecified atom stereocenters. The highest BCUT2D eigenvalue weighted by atomic mass is 19.1. The summed E-state index contributed by atoms with van der Waals surface area (Å²) in [6.45, 7) is 0.738. The molecule has 190 valence electrons. The second-order valence-corrected chi connectivity index (χ2v) is 9.58. The number of halogens is 1. The first kappa shape index (κ1) is 24.5. The summed E-state index contributed by atoms with van der Waals surface area (Å²) in [6.07, 6.45) is 0.648. The molecular weight excluding hydrogens is 473 g/mol. The Morgan fingerprint density at radius 1 is 0.838 bits per heavy atom. The number of likely N-dealkylation sites (tertiary alicyclic amines) is 1. The van der Waals surface area contributed by atoms with E-state index in [0.717, 1.165) is 5.56 Å². The molecule has 0 spiro atoms. The van der Waals surface area contributed by atoms with Crippen molar-refractivity contribution in [3.8, 4) is 0 Å². The maximum Gasteiger partial charge on any atom is 0.324 e. The second-order valence-electron chi connectivity index (χ2n) is 9.58. The summed E-state index contributed by atoms with van der Waals surface area (Å²) < 4.78 is 14.5. The average Bonchev–Trinajstić information content (AvgIpc) is 3.36. The van der Waals surface area contributed by atoms with Crippen LogP contribution in [-0.4, -0.2) is 47.5 Å². The number of carboxylic acid groups (broad SMARTS) is 1. The van der Waals surface area contributed by atoms with Crippen molar-refractivity contribution in [2.75, 3.05) is 29.4 Å². The van der Waals surface area contributed by atoms with E-state index < -0.39 is 17.2 Å². The quantitative estimate of drug-likeness (QED) is 0.519. The fraction of sp³-hybridized carbons (Fsp3) is 0.276. The lowest BCUT2D eigenvalue weighted by Gasteiger charge is -2.40. The summed E-state index contributed by atoms with van der Waals surface area (Å²) in [7, 11) is 0. The zero-order valence-corrected chi connectivity index (χ0v) is 20.3. The molecule has 2 aliphatic rings. The number of carboxylic acids is 1. The molecule has 3 amide bonds. The van der Waals surface area contributed by atoms with E-state index in [1.807, 2.05) is 66.7 Å². The van der Waals surface area contributed by atoms with Gasteiger partial charge in [0.15, 0.2) is 0 Å². The first-order valence-electron chi connectivity index (χ1n) is 12.4. The zero-order valence-electron chi connectivity index (χ0n) is 20.3. The number of carbonyl (C=O) groups is 3. The van der Waals surface area contributed by atoms with E-state index in [9.17, 15) is 23.9 Å². The minimum atomic E-state index is -1.30. The minimum Gasteiger partial charge on any atom is -0.481 e. The third-order valence-electron chi connectivity index (χ3n) is 7.39. The third-order valence-corrected chi connectivity index (χ3v) is 7.39. The van der Waals surface area contributed by atoms with Gasteiger partial charge in [-0.15, -0.1) is 0 Å². The number of benzene rings is 3. The number of piperidine rings is 1. The van der Waals surface area contributed by atoms with Crippen LogP contribution in [0.1, 0.15) is 24.8 Å². The number of hydrogen-bond donors (Lipinski definition) is 1. The van der Waals surface area contributed by atoms with Gasteiger partial charge >= 0.3 is 12.0 Å². The van der Waals surface area contributed by atoms with Gasteiger partial charge in [-0.3, -0.25) is 19.4 Å². The second kappa shape index (κ2) is 10.0. The maximum atomic E-state index is 14.5. The predicted octanol–water partition coefficient (Wildman–Crippen LogP) is 5.23. The molecule has 3 aromatic rings. The Morgan fingerprint density at radius 2 is 1.43 bits per heavy atom. The van der Waals surface area contributed by atoms with E-state index in [2.05, 4.69) is 0 Å². The summed E-state index contributed by atoms with van der Waals surface area (Å²) in [5.74, 6) is -1.81. The zero-order chi connectivity index (χ0) is 26.0. The molecule has 0 saturated carbocycles. The van der Waals surface area contributed by atoms with E-state index in [4.69, 9.17) is 0 Å². The average molecular weight is 502 g/mol. The topological polar surface area (TPSA) is 81.2 Å². The molecule has 1 saturated heterocycles. The normalized spacial score (nSPS) is 16.2. The number of amides is 3. The van der Waals surface area contributed by atoms with Crippen molar-refractivity contribution in [1.29, 1.82) is 0 Å². The molecule has 5 rings (SSSR count). The Bertz CT molecular complexity index is 1270. The van der Waals surface area contributed by atoms with Gasteiger partial charge in [-0.05, 0) is 55.2 Å². The Balaban J connectivity index is 1.33. The number of para-hydroxylation sites is 3. The first-order valence-corrected chi connectivity index (χ1v) is 12.4. The van der Waals surface area contributed by atoms with Crippen molar-refractivity contribution in [2.24, 2.45) is 5.41 Å². The first-order chi connectivity index (χ1) is 17.9. The maximum absolute atomic E-state index is 14.5. The Kier molecular flexibility index (Phi) is 6.65. The van der Waals surface area contributed by atoms with Crippen molar-refractivity contribution in [1.82, 2.24) is 4.90 Å². The van der Waals surface area contributed by atoms with Gasteiger partial charge in [0.05, 0.1) is 11.1 Å². The molecule has 0 bridgehead atoms. The largest absolute Gasteiger partial charge is 0.481 e. The summed E-state index contributed by atoms with van der Waals surface area (Å²) in [5, 5.41) is 10.2. The van der Waals surface area contributed by atoms with Gasteiger partial charge < -0.3 is 10.0 Å². The van der Waals surface area contributed by atoms with E-state index in [-0.39, 0.29) is 44.3 Å². The van der Waals surface area contributed by atoms with Crippen molar-refractivity contribution in [3.05, 3.63) is 90.2 Å². The Hall–Kier alpha value is -4.20. The molecular formula is C29H28FN3O4. The monoisotopic (exact) mass is 501 g/mol. The van der Waals surface area contributed by atoms with Crippen LogP contribution in [0.25, 0.3) is 0 Å². The number of nitrogens with zero attached hydrogens (tertiary/aromatic N) is 3. The van der Waals surface area contributed by atoms with Crippen LogP contribution in [0.3, 0.4) is 0 Å². The number of urea groups is 1. The molecule has 1 fully saturated rings. The van der Waals surface area contributed by atoms with E-state index in [1.165, 1.54) is 11.0 Å². The molecule has 37 heavy (non-hydrogen) atoms. The third kappa shape index (κ3) is 4.67. The van der Waals surface area contributed by atoms with Crippen LogP contribution >= 0.6 is 0 Å². The van der Waals surface area contributed by atoms with Crippen LogP contribution in [0.15, 0.2) is 78.9 Å². The fourth-order valence-corrected chi connectivity index (χ4v) is 5.32. The van der Waals surface area contributed by atoms with Crippen molar-refractivity contribution in [3.63, 3.8) is 0 Å². The predicted molar refractivity (Wildman–Crippen MR) is 138 cm³/mol. The summed E-state index contributed by atoms with van der Waals surface area (Å²) in [4.78, 5) is 44.0. The lowest BCUT2D eigenvalue weighted by Crippen LogP contribution is -2.52. The molecule has 2 heterocycles. The Morgan fingerprint density at radius 3 is 2.00 bits per heavy atom. The van der Waals surface area contributed by atoms with E-state index >= 15 is 0 Å². The van der Waals surface area contributed by atoms with Crippen molar-refractivity contribution < 1.29 is 23.9 Å². The number of carbonyl (C=O) groups excluding carboxylic acids is 2. The highest BCUT2D eigenvalue weighted by Crippen LogP contribution is 2.39. The van der Waals surface area contributed by atoms with E-state index in [0.29, 0.717) is 30.0 Å².